The molecule has 4 rings (SSSR count). The Morgan fingerprint density at radius 3 is 1.93 bits per heavy atom. The maximum atomic E-state index is 14.2. The third kappa shape index (κ3) is 20.5. The Morgan fingerprint density at radius 1 is 0.703 bits per heavy atom. The van der Waals surface area contributed by atoms with E-state index in [9.17, 15) is 64.2 Å². The van der Waals surface area contributed by atoms with E-state index in [-0.39, 0.29) is 160 Å². The fourth-order valence-electron chi connectivity index (χ4n) is 7.51. The van der Waals surface area contributed by atoms with E-state index < -0.39 is 48.2 Å². The molecule has 0 aliphatic carbocycles. The zero-order valence-corrected chi connectivity index (χ0v) is 41.7. The molecule has 408 valence electrons. The van der Waals surface area contributed by atoms with Crippen LogP contribution in [0, 0.1) is 6.92 Å². The van der Waals surface area contributed by atoms with Gasteiger partial charge in [0.2, 0.25) is 5.91 Å². The Bertz CT molecular complexity index is 2390. The van der Waals surface area contributed by atoms with Crippen molar-refractivity contribution in [3.63, 3.8) is 0 Å². The summed E-state index contributed by atoms with van der Waals surface area (Å²) in [5, 5.41) is 65.1. The van der Waals surface area contributed by atoms with Crippen LogP contribution in [0.4, 0.5) is 20.1 Å². The molecule has 27 heteroatoms. The van der Waals surface area contributed by atoms with Crippen LogP contribution in [0.15, 0.2) is 53.5 Å². The lowest BCUT2D eigenvalue weighted by molar-refractivity contribution is -0.139. The molecule has 0 bridgehead atoms. The second-order valence-electron chi connectivity index (χ2n) is 16.5. The Balaban J connectivity index is 1.34. The number of carboxylic acid groups (broad SMARTS) is 4. The van der Waals surface area contributed by atoms with Crippen LogP contribution in [-0.4, -0.2) is 222 Å². The van der Waals surface area contributed by atoms with Crippen molar-refractivity contribution in [1.29, 1.82) is 0 Å². The number of aliphatic hydroxyl groups excluding tert-OH is 2. The predicted octanol–water partition coefficient (Wildman–Crippen LogP) is 1.13. The van der Waals surface area contributed by atoms with Crippen molar-refractivity contribution in [2.24, 2.45) is 0 Å². The van der Waals surface area contributed by atoms with Crippen LogP contribution >= 0.6 is 11.6 Å². The number of nitrogens with one attached hydrogen (secondary N) is 3. The molecule has 9 N–H and O–H groups in total. The van der Waals surface area contributed by atoms with E-state index in [1.165, 1.54) is 16.8 Å². The Labute approximate surface area is 430 Å². The summed E-state index contributed by atoms with van der Waals surface area (Å²) in [5.74, 6) is -2.07. The topological polar surface area (TPSA) is 341 Å². The van der Waals surface area contributed by atoms with Crippen LogP contribution in [0.1, 0.15) is 29.2 Å². The fourth-order valence-corrected chi connectivity index (χ4v) is 7.73. The van der Waals surface area contributed by atoms with Crippen molar-refractivity contribution in [2.45, 2.75) is 25.9 Å². The first-order chi connectivity index (χ1) is 35.5. The number of nitrogens with zero attached hydrogens (tertiary/aromatic N) is 5. The maximum Gasteiger partial charge on any atom is 0.407 e. The van der Waals surface area contributed by atoms with Gasteiger partial charge in [0.05, 0.1) is 71.7 Å². The van der Waals surface area contributed by atoms with Gasteiger partial charge in [-0.3, -0.25) is 29.0 Å². The molecule has 2 heterocycles. The molecule has 26 nitrogen and oxygen atoms in total. The molecular weight excluding hydrogens is 1000 g/mol. The number of amides is 5. The van der Waals surface area contributed by atoms with Gasteiger partial charge in [0.25, 0.3) is 5.56 Å². The molecule has 1 aliphatic rings. The summed E-state index contributed by atoms with van der Waals surface area (Å²) >= 11 is 6.54. The quantitative estimate of drug-likeness (QED) is 0.0483. The lowest BCUT2D eigenvalue weighted by Gasteiger charge is -2.32. The second-order valence-corrected chi connectivity index (χ2v) is 16.9. The maximum absolute atomic E-state index is 14.2. The van der Waals surface area contributed by atoms with Gasteiger partial charge in [-0.1, -0.05) is 29.8 Å². The second kappa shape index (κ2) is 31.6. The number of aliphatic hydroxyl groups is 2. The summed E-state index contributed by atoms with van der Waals surface area (Å²) in [4.78, 5) is 93.2. The number of hydrogen-bond acceptors (Lipinski definition) is 16. The summed E-state index contributed by atoms with van der Waals surface area (Å²) in [6.07, 6.45) is -1.54. The van der Waals surface area contributed by atoms with Gasteiger partial charge in [-0.25, -0.2) is 14.4 Å². The smallest absolute Gasteiger partial charge is 0.407 e. The Morgan fingerprint density at radius 2 is 1.30 bits per heavy atom. The summed E-state index contributed by atoms with van der Waals surface area (Å²) in [5.41, 5.74) is 0.194. The van der Waals surface area contributed by atoms with E-state index in [0.717, 1.165) is 9.80 Å². The van der Waals surface area contributed by atoms with E-state index in [0.29, 0.717) is 28.2 Å². The Kier molecular flexibility index (Phi) is 25.5. The lowest BCUT2D eigenvalue weighted by atomic mass is 10.0. The van der Waals surface area contributed by atoms with E-state index in [4.69, 9.17) is 35.3 Å². The molecule has 2 aromatic carbocycles. The van der Waals surface area contributed by atoms with E-state index >= 15 is 0 Å². The van der Waals surface area contributed by atoms with Gasteiger partial charge in [-0.2, -0.15) is 0 Å². The number of carboxylic acids is 2. The van der Waals surface area contributed by atoms with Crippen molar-refractivity contribution in [2.75, 3.05) is 137 Å². The third-order valence-corrected chi connectivity index (χ3v) is 11.5. The van der Waals surface area contributed by atoms with Gasteiger partial charge in [0, 0.05) is 81.2 Å². The van der Waals surface area contributed by atoms with Crippen molar-refractivity contribution < 1.29 is 83.1 Å². The highest BCUT2D eigenvalue weighted by molar-refractivity contribution is 6.31. The number of pyridine rings is 1. The molecule has 1 aromatic heterocycles. The summed E-state index contributed by atoms with van der Waals surface area (Å²) < 4.78 is 29.7. The first-order valence-electron chi connectivity index (χ1n) is 23.5. The van der Waals surface area contributed by atoms with E-state index in [1.54, 1.807) is 53.1 Å². The molecular formula is C47H65ClN8O18. The van der Waals surface area contributed by atoms with Gasteiger partial charge in [0.1, 0.15) is 31.3 Å². The number of ether oxygens (including phenoxy) is 5. The third-order valence-electron chi connectivity index (χ3n) is 11.1. The molecule has 5 amide bonds. The van der Waals surface area contributed by atoms with Crippen molar-refractivity contribution in [3.8, 4) is 17.2 Å². The predicted molar refractivity (Wildman–Crippen MR) is 265 cm³/mol. The number of hydrogen-bond donors (Lipinski definition) is 9. The number of carbonyl (C=O) groups is 6. The summed E-state index contributed by atoms with van der Waals surface area (Å²) in [6, 6.07) is 9.16. The number of aromatic nitrogens is 1. The van der Waals surface area contributed by atoms with Gasteiger partial charge < -0.3 is 84.6 Å². The number of aliphatic carboxylic acids is 2. The van der Waals surface area contributed by atoms with Gasteiger partial charge in [-0.15, -0.1) is 0 Å². The minimum atomic E-state index is -1.25. The molecule has 3 aromatic rings. The minimum absolute atomic E-state index is 0.00120. The normalized spacial score (nSPS) is 14.2. The van der Waals surface area contributed by atoms with Gasteiger partial charge >= 0.3 is 30.2 Å². The van der Waals surface area contributed by atoms with Crippen LogP contribution in [0.2, 0.25) is 5.02 Å². The first kappa shape index (κ1) is 59.6. The molecule has 0 unspecified atom stereocenters. The van der Waals surface area contributed by atoms with Crippen LogP contribution in [0.5, 0.6) is 17.2 Å². The summed E-state index contributed by atoms with van der Waals surface area (Å²) in [7, 11) is 0. The Hall–Kier alpha value is -6.94. The highest BCUT2D eigenvalue weighted by Gasteiger charge is 2.25. The number of rotatable bonds is 27. The monoisotopic (exact) mass is 1060 g/mol. The molecule has 1 saturated heterocycles. The molecule has 1 fully saturated rings. The molecule has 0 saturated carbocycles. The zero-order chi connectivity index (χ0) is 54.0. The minimum Gasteiger partial charge on any atom is -0.491 e. The highest BCUT2D eigenvalue weighted by atomic mass is 35.5. The van der Waals surface area contributed by atoms with E-state index in [2.05, 4.69) is 16.0 Å². The van der Waals surface area contributed by atoms with Gasteiger partial charge in [-0.05, 0) is 36.8 Å². The van der Waals surface area contributed by atoms with Crippen molar-refractivity contribution in [1.82, 2.24) is 34.8 Å². The molecule has 0 spiro atoms. The van der Waals surface area contributed by atoms with E-state index in [1.807, 2.05) is 0 Å². The van der Waals surface area contributed by atoms with Gasteiger partial charge in [0.15, 0.2) is 11.4 Å². The van der Waals surface area contributed by atoms with Crippen molar-refractivity contribution >= 4 is 53.4 Å². The SMILES string of the molecule is Cc1cn(Cc2c(Cl)cccc2OCCO)c(=O)c(NC(=O)N[C@@H](CC(=O)O)c2cccc(OCCO)c2)c1OCCOCCOCCNC(=O)CN1CCN(CC(=O)O)CCN(C(=O)O)CCN(C(=O)O)CC1. The lowest BCUT2D eigenvalue weighted by Crippen LogP contribution is -2.50. The number of anilines is 1. The van der Waals surface area contributed by atoms with Crippen LogP contribution in [-0.2, 0) is 30.4 Å². The van der Waals surface area contributed by atoms with Crippen LogP contribution in [0.3, 0.4) is 0 Å². The largest absolute Gasteiger partial charge is 0.491 e. The fraction of sp³-hybridized carbons (Fsp3) is 0.511. The zero-order valence-electron chi connectivity index (χ0n) is 40.9. The highest BCUT2D eigenvalue weighted by Crippen LogP contribution is 2.30. The molecule has 74 heavy (non-hydrogen) atoms. The average Bonchev–Trinajstić information content (AvgIpc) is 3.34. The number of halogens is 1. The number of urea groups is 1. The molecule has 1 atom stereocenters. The molecule has 1 aliphatic heterocycles. The number of carbonyl (C=O) groups excluding carboxylic acids is 2. The van der Waals surface area contributed by atoms with Crippen LogP contribution in [0.25, 0.3) is 0 Å². The standard InChI is InChI=1S/C47H65ClN8O18/c1-32-28-56(29-35-36(48)6-3-7-38(35)73-21-18-58)44(64)42(51-45(65)50-37(27-40(60)61)33-4-2-5-34(26-33)72-20-17-57)43(32)74-25-24-71-23-22-70-19-8-49-39(59)30-52-9-10-53(31-41(62)63)12-14-55(47(68)69)16-15-54(13-11-52)46(66)67/h2-7,26,28,37,57-58H,8-25,27,29-31H2,1H3,(H,49,59)(H,60,61)(H,62,63)(H,66,67)(H,68,69)(H2,50,51,65)/t37-/m0/s1. The number of aryl methyl sites for hydroxylation is 1. The summed E-state index contributed by atoms with van der Waals surface area (Å²) in [6.45, 7) is 1.14. The first-order valence-corrected chi connectivity index (χ1v) is 23.9. The number of benzene rings is 2. The molecule has 0 radical (unpaired) electrons. The van der Waals surface area contributed by atoms with Crippen molar-refractivity contribution in [3.05, 3.63) is 80.7 Å². The average molecular weight is 1070 g/mol. The van der Waals surface area contributed by atoms with Crippen LogP contribution < -0.4 is 35.7 Å².